The van der Waals surface area contributed by atoms with Crippen molar-refractivity contribution >= 4 is 35.2 Å². The van der Waals surface area contributed by atoms with Crippen molar-refractivity contribution in [3.05, 3.63) is 64.0 Å². The van der Waals surface area contributed by atoms with Gasteiger partial charge in [-0.2, -0.15) is 10.2 Å². The summed E-state index contributed by atoms with van der Waals surface area (Å²) >= 11 is 6.37. The number of amides is 2. The number of benzene rings is 1. The number of rotatable bonds is 5. The Bertz CT molecular complexity index is 1080. The molecule has 4 N–H and O–H groups in total. The van der Waals surface area contributed by atoms with Crippen LogP contribution in [0.2, 0.25) is 5.15 Å². The van der Waals surface area contributed by atoms with E-state index in [0.717, 1.165) is 0 Å². The number of hydrogen-bond acceptors (Lipinski definition) is 4. The van der Waals surface area contributed by atoms with Crippen LogP contribution in [0.3, 0.4) is 0 Å². The highest BCUT2D eigenvalue weighted by Crippen LogP contribution is 2.25. The molecule has 28 heavy (non-hydrogen) atoms. The fourth-order valence-corrected chi connectivity index (χ4v) is 2.87. The Morgan fingerprint density at radius 1 is 1.29 bits per heavy atom. The van der Waals surface area contributed by atoms with Crippen molar-refractivity contribution in [2.24, 2.45) is 5.73 Å². The van der Waals surface area contributed by atoms with Crippen LogP contribution in [0.25, 0.3) is 11.8 Å². The molecule has 0 bridgehead atoms. The minimum absolute atomic E-state index is 0.0578. The maximum Gasteiger partial charge on any atom is 0.271 e. The fourth-order valence-electron chi connectivity index (χ4n) is 2.54. The van der Waals surface area contributed by atoms with Crippen molar-refractivity contribution in [3.63, 3.8) is 0 Å². The first kappa shape index (κ1) is 19.3. The zero-order valence-electron chi connectivity index (χ0n) is 15.0. The molecule has 2 amide bonds. The quantitative estimate of drug-likeness (QED) is 0.568. The number of halogens is 2. The highest BCUT2D eigenvalue weighted by atomic mass is 35.5. The van der Waals surface area contributed by atoms with E-state index in [1.165, 1.54) is 29.0 Å². The Balaban J connectivity index is 1.83. The molecule has 0 aliphatic carbocycles. The van der Waals surface area contributed by atoms with E-state index in [1.807, 2.05) is 0 Å². The van der Waals surface area contributed by atoms with Gasteiger partial charge in [0.2, 0.25) is 5.91 Å². The lowest BCUT2D eigenvalue weighted by molar-refractivity contribution is -0.111. The van der Waals surface area contributed by atoms with Gasteiger partial charge in [0.05, 0.1) is 22.8 Å². The van der Waals surface area contributed by atoms with E-state index in [2.05, 4.69) is 20.6 Å². The van der Waals surface area contributed by atoms with Gasteiger partial charge in [0.1, 0.15) is 11.0 Å². The highest BCUT2D eigenvalue weighted by Gasteiger charge is 2.17. The molecule has 0 atom stereocenters. The Labute approximate surface area is 164 Å². The molecule has 2 aromatic heterocycles. The Kier molecular flexibility index (Phi) is 5.27. The molecule has 3 aromatic rings. The lowest BCUT2D eigenvalue weighted by atomic mass is 10.2. The first-order valence-corrected chi connectivity index (χ1v) is 8.50. The van der Waals surface area contributed by atoms with Crippen LogP contribution in [0, 0.1) is 19.7 Å². The largest absolute Gasteiger partial charge is 0.364 e. The molecule has 0 saturated carbocycles. The summed E-state index contributed by atoms with van der Waals surface area (Å²) in [5.41, 5.74) is 7.57. The van der Waals surface area contributed by atoms with Crippen molar-refractivity contribution in [3.8, 4) is 5.69 Å². The molecule has 0 saturated heterocycles. The number of nitrogens with two attached hydrogens (primary N) is 1. The summed E-state index contributed by atoms with van der Waals surface area (Å²) in [7, 11) is 0. The van der Waals surface area contributed by atoms with Gasteiger partial charge in [0.25, 0.3) is 5.91 Å². The van der Waals surface area contributed by atoms with Crippen LogP contribution in [-0.4, -0.2) is 31.8 Å². The van der Waals surface area contributed by atoms with Gasteiger partial charge in [-0.15, -0.1) is 0 Å². The summed E-state index contributed by atoms with van der Waals surface area (Å²) < 4.78 is 14.5. The second-order valence-corrected chi connectivity index (χ2v) is 6.30. The average Bonchev–Trinajstić information content (AvgIpc) is 3.14. The molecule has 8 nitrogen and oxygen atoms in total. The molecular weight excluding hydrogens is 387 g/mol. The molecule has 144 valence electrons. The number of nitrogens with zero attached hydrogens (tertiary/aromatic N) is 3. The third kappa shape index (κ3) is 3.79. The second-order valence-electron chi connectivity index (χ2n) is 5.94. The number of carbonyl (C=O) groups excluding carboxylic acids is 2. The number of aryl methyl sites for hydroxylation is 2. The standard InChI is InChI=1S/C18H16ClFN6O2/c1-9-13(17(19)26(25-9)12-5-3-11(20)4-6-12)7-8-14(27)22-15-10(2)23-24-16(15)18(21)28/h3-8H,1-2H3,(H2,21,28)(H,22,27)(H,23,24)/b8-7+. The van der Waals surface area contributed by atoms with E-state index in [1.54, 1.807) is 26.0 Å². The number of carbonyl (C=O) groups is 2. The summed E-state index contributed by atoms with van der Waals surface area (Å²) in [6, 6.07) is 5.69. The molecule has 0 spiro atoms. The van der Waals surface area contributed by atoms with Gasteiger partial charge in [0.15, 0.2) is 5.69 Å². The highest BCUT2D eigenvalue weighted by molar-refractivity contribution is 6.31. The van der Waals surface area contributed by atoms with Crippen LogP contribution in [-0.2, 0) is 4.79 Å². The summed E-state index contributed by atoms with van der Waals surface area (Å²) in [5.74, 6) is -1.63. The number of nitrogens with one attached hydrogen (secondary N) is 2. The van der Waals surface area contributed by atoms with Gasteiger partial charge in [0, 0.05) is 11.6 Å². The van der Waals surface area contributed by atoms with Crippen LogP contribution >= 0.6 is 11.6 Å². The van der Waals surface area contributed by atoms with E-state index in [9.17, 15) is 14.0 Å². The molecule has 10 heteroatoms. The van der Waals surface area contributed by atoms with Gasteiger partial charge < -0.3 is 11.1 Å². The minimum Gasteiger partial charge on any atom is -0.364 e. The topological polar surface area (TPSA) is 119 Å². The molecule has 1 aromatic carbocycles. The Morgan fingerprint density at radius 3 is 2.61 bits per heavy atom. The predicted molar refractivity (Wildman–Crippen MR) is 103 cm³/mol. The molecule has 3 rings (SSSR count). The van der Waals surface area contributed by atoms with Crippen LogP contribution in [0.15, 0.2) is 30.3 Å². The predicted octanol–water partition coefficient (Wildman–Crippen LogP) is 2.76. The minimum atomic E-state index is -0.761. The monoisotopic (exact) mass is 402 g/mol. The first-order chi connectivity index (χ1) is 13.3. The van der Waals surface area contributed by atoms with E-state index < -0.39 is 11.8 Å². The van der Waals surface area contributed by atoms with E-state index in [4.69, 9.17) is 17.3 Å². The second kappa shape index (κ2) is 7.65. The molecule has 2 heterocycles. The smallest absolute Gasteiger partial charge is 0.271 e. The first-order valence-electron chi connectivity index (χ1n) is 8.12. The van der Waals surface area contributed by atoms with Gasteiger partial charge >= 0.3 is 0 Å². The third-order valence-electron chi connectivity index (χ3n) is 3.95. The summed E-state index contributed by atoms with van der Waals surface area (Å²) in [4.78, 5) is 23.6. The number of aromatic nitrogens is 4. The summed E-state index contributed by atoms with van der Waals surface area (Å²) in [6.45, 7) is 3.38. The van der Waals surface area contributed by atoms with Crippen LogP contribution in [0.1, 0.15) is 27.4 Å². The molecular formula is C18H16ClFN6O2. The van der Waals surface area contributed by atoms with Crippen molar-refractivity contribution < 1.29 is 14.0 Å². The van der Waals surface area contributed by atoms with E-state index >= 15 is 0 Å². The number of hydrogen-bond donors (Lipinski definition) is 3. The number of H-pyrrole nitrogens is 1. The lowest BCUT2D eigenvalue weighted by Gasteiger charge is -2.03. The molecule has 0 fully saturated rings. The van der Waals surface area contributed by atoms with Crippen molar-refractivity contribution in [2.45, 2.75) is 13.8 Å². The van der Waals surface area contributed by atoms with E-state index in [-0.39, 0.29) is 22.4 Å². The molecule has 0 aliphatic rings. The third-order valence-corrected chi connectivity index (χ3v) is 4.31. The Morgan fingerprint density at radius 2 is 1.96 bits per heavy atom. The zero-order chi connectivity index (χ0) is 20.4. The van der Waals surface area contributed by atoms with Crippen molar-refractivity contribution in [1.29, 1.82) is 0 Å². The fraction of sp³-hybridized carbons (Fsp3) is 0.111. The maximum atomic E-state index is 13.1. The normalized spacial score (nSPS) is 11.1. The zero-order valence-corrected chi connectivity index (χ0v) is 15.7. The van der Waals surface area contributed by atoms with E-state index in [0.29, 0.717) is 22.6 Å². The van der Waals surface area contributed by atoms with Gasteiger partial charge in [-0.1, -0.05) is 11.6 Å². The lowest BCUT2D eigenvalue weighted by Crippen LogP contribution is -2.16. The van der Waals surface area contributed by atoms with Crippen LogP contribution in [0.5, 0.6) is 0 Å². The van der Waals surface area contributed by atoms with Gasteiger partial charge in [-0.3, -0.25) is 14.7 Å². The van der Waals surface area contributed by atoms with Gasteiger partial charge in [-0.05, 0) is 44.2 Å². The average molecular weight is 403 g/mol. The Hall–Kier alpha value is -3.46. The molecule has 0 aliphatic heterocycles. The maximum absolute atomic E-state index is 13.1. The number of primary amides is 1. The SMILES string of the molecule is Cc1nn(-c2ccc(F)cc2)c(Cl)c1/C=C/C(=O)Nc1c(C(N)=O)n[nH]c1C. The number of aromatic amines is 1. The summed E-state index contributed by atoms with van der Waals surface area (Å²) in [5, 5.41) is 13.5. The van der Waals surface area contributed by atoms with Crippen molar-refractivity contribution in [2.75, 3.05) is 5.32 Å². The number of anilines is 1. The van der Waals surface area contributed by atoms with Crippen LogP contribution < -0.4 is 11.1 Å². The van der Waals surface area contributed by atoms with Crippen molar-refractivity contribution in [1.82, 2.24) is 20.0 Å². The summed E-state index contributed by atoms with van der Waals surface area (Å²) in [6.07, 6.45) is 2.75. The van der Waals surface area contributed by atoms with Crippen LogP contribution in [0.4, 0.5) is 10.1 Å². The molecule has 0 radical (unpaired) electrons. The molecule has 0 unspecified atom stereocenters. The van der Waals surface area contributed by atoms with Gasteiger partial charge in [-0.25, -0.2) is 9.07 Å².